The Morgan fingerprint density at radius 2 is 1.68 bits per heavy atom. The predicted molar refractivity (Wildman–Crippen MR) is 98.6 cm³/mol. The third kappa shape index (κ3) is 4.97. The maximum atomic E-state index is 13.0. The molecule has 1 fully saturated rings. The average Bonchev–Trinajstić information content (AvgIpc) is 2.57. The lowest BCUT2D eigenvalue weighted by molar-refractivity contribution is -0.137. The summed E-state index contributed by atoms with van der Waals surface area (Å²) >= 11 is 0. The molecule has 1 aliphatic rings. The molecule has 138 valence electrons. The van der Waals surface area contributed by atoms with Gasteiger partial charge in [0.25, 0.3) is 5.91 Å². The predicted octanol–water partition coefficient (Wildman–Crippen LogP) is 2.95. The molecule has 5 nitrogen and oxygen atoms in total. The molecule has 1 N–H and O–H groups in total. The first-order chi connectivity index (χ1) is 11.8. The van der Waals surface area contributed by atoms with Gasteiger partial charge < -0.3 is 15.0 Å². The van der Waals surface area contributed by atoms with Gasteiger partial charge in [-0.2, -0.15) is 0 Å². The summed E-state index contributed by atoms with van der Waals surface area (Å²) in [6.07, 6.45) is 1.15. The van der Waals surface area contributed by atoms with Crippen LogP contribution in [0, 0.1) is 17.8 Å². The van der Waals surface area contributed by atoms with Gasteiger partial charge in [-0.3, -0.25) is 9.59 Å². The van der Waals surface area contributed by atoms with Gasteiger partial charge in [-0.25, -0.2) is 0 Å². The van der Waals surface area contributed by atoms with Crippen LogP contribution in [0.4, 0.5) is 0 Å². The molecule has 3 unspecified atom stereocenters. The standard InChI is InChI=1S/C20H30N2O3/c1-13(2)18(20(24)22-11-14(3)10-15(4)12-22)21-19(23)16-6-8-17(25-5)9-7-16/h6-9,13-15,18H,10-12H2,1-5H3,(H,21,23). The lowest BCUT2D eigenvalue weighted by Gasteiger charge is -2.37. The van der Waals surface area contributed by atoms with E-state index in [4.69, 9.17) is 4.74 Å². The molecule has 1 saturated heterocycles. The normalized spacial score (nSPS) is 21.8. The second-order valence-electron chi connectivity index (χ2n) is 7.61. The maximum Gasteiger partial charge on any atom is 0.251 e. The zero-order valence-corrected chi connectivity index (χ0v) is 15.9. The Bertz CT molecular complexity index is 587. The molecule has 2 amide bonds. The molecule has 0 bridgehead atoms. The van der Waals surface area contributed by atoms with Crippen molar-refractivity contribution in [1.82, 2.24) is 10.2 Å². The fraction of sp³-hybridized carbons (Fsp3) is 0.600. The van der Waals surface area contributed by atoms with Crippen molar-refractivity contribution in [2.24, 2.45) is 17.8 Å². The van der Waals surface area contributed by atoms with Crippen LogP contribution in [0.2, 0.25) is 0 Å². The number of amides is 2. The molecule has 0 radical (unpaired) electrons. The van der Waals surface area contributed by atoms with E-state index >= 15 is 0 Å². The van der Waals surface area contributed by atoms with E-state index in [1.807, 2.05) is 18.7 Å². The van der Waals surface area contributed by atoms with Crippen LogP contribution in [0.1, 0.15) is 44.5 Å². The number of rotatable bonds is 5. The van der Waals surface area contributed by atoms with Gasteiger partial charge in [-0.15, -0.1) is 0 Å². The van der Waals surface area contributed by atoms with Gasteiger partial charge in [0.1, 0.15) is 11.8 Å². The second kappa shape index (κ2) is 8.37. The minimum absolute atomic E-state index is 0.0234. The van der Waals surface area contributed by atoms with Crippen LogP contribution in [-0.2, 0) is 4.79 Å². The third-order valence-electron chi connectivity index (χ3n) is 4.75. The van der Waals surface area contributed by atoms with E-state index in [-0.39, 0.29) is 17.7 Å². The molecule has 3 atom stereocenters. The number of ether oxygens (including phenoxy) is 1. The lowest BCUT2D eigenvalue weighted by atomic mass is 9.90. The summed E-state index contributed by atoms with van der Waals surface area (Å²) in [5, 5.41) is 2.93. The van der Waals surface area contributed by atoms with E-state index in [2.05, 4.69) is 19.2 Å². The molecule has 2 rings (SSSR count). The minimum Gasteiger partial charge on any atom is -0.497 e. The quantitative estimate of drug-likeness (QED) is 0.892. The largest absolute Gasteiger partial charge is 0.497 e. The number of likely N-dealkylation sites (tertiary alicyclic amines) is 1. The second-order valence-corrected chi connectivity index (χ2v) is 7.61. The highest BCUT2D eigenvalue weighted by molar-refractivity contribution is 5.97. The molecule has 25 heavy (non-hydrogen) atoms. The zero-order valence-electron chi connectivity index (χ0n) is 15.9. The van der Waals surface area contributed by atoms with Crippen molar-refractivity contribution in [1.29, 1.82) is 0 Å². The highest BCUT2D eigenvalue weighted by Gasteiger charge is 2.32. The fourth-order valence-electron chi connectivity index (χ4n) is 3.52. The Morgan fingerprint density at radius 1 is 1.12 bits per heavy atom. The van der Waals surface area contributed by atoms with Gasteiger partial charge >= 0.3 is 0 Å². The molecule has 1 aliphatic heterocycles. The van der Waals surface area contributed by atoms with E-state index in [1.54, 1.807) is 31.4 Å². The lowest BCUT2D eigenvalue weighted by Crippen LogP contribution is -2.54. The van der Waals surface area contributed by atoms with Gasteiger partial charge in [0.05, 0.1) is 7.11 Å². The number of piperidine rings is 1. The van der Waals surface area contributed by atoms with Crippen molar-refractivity contribution >= 4 is 11.8 Å². The zero-order chi connectivity index (χ0) is 18.6. The summed E-state index contributed by atoms with van der Waals surface area (Å²) < 4.78 is 5.11. The summed E-state index contributed by atoms with van der Waals surface area (Å²) in [5.41, 5.74) is 0.527. The van der Waals surface area contributed by atoms with Gasteiger partial charge in [0, 0.05) is 18.7 Å². The Kier molecular flexibility index (Phi) is 6.45. The Balaban J connectivity index is 2.08. The first kappa shape index (κ1) is 19.3. The van der Waals surface area contributed by atoms with E-state index < -0.39 is 6.04 Å². The first-order valence-corrected chi connectivity index (χ1v) is 9.05. The molecule has 1 aromatic rings. The van der Waals surface area contributed by atoms with Gasteiger partial charge in [-0.05, 0) is 48.4 Å². The Hall–Kier alpha value is -2.04. The summed E-state index contributed by atoms with van der Waals surface area (Å²) in [6.45, 7) is 9.82. The highest BCUT2D eigenvalue weighted by Crippen LogP contribution is 2.22. The van der Waals surface area contributed by atoms with Crippen LogP contribution in [0.3, 0.4) is 0 Å². The van der Waals surface area contributed by atoms with Crippen LogP contribution in [-0.4, -0.2) is 43.0 Å². The molecule has 0 aromatic heterocycles. The summed E-state index contributed by atoms with van der Waals surface area (Å²) in [6, 6.07) is 6.40. The van der Waals surface area contributed by atoms with Crippen LogP contribution >= 0.6 is 0 Å². The number of carbonyl (C=O) groups excluding carboxylic acids is 2. The Labute approximate surface area is 150 Å². The smallest absolute Gasteiger partial charge is 0.251 e. The van der Waals surface area contributed by atoms with E-state index in [0.29, 0.717) is 23.1 Å². The van der Waals surface area contributed by atoms with Crippen LogP contribution in [0.25, 0.3) is 0 Å². The number of nitrogens with zero attached hydrogens (tertiary/aromatic N) is 1. The van der Waals surface area contributed by atoms with Gasteiger partial charge in [-0.1, -0.05) is 27.7 Å². The highest BCUT2D eigenvalue weighted by atomic mass is 16.5. The topological polar surface area (TPSA) is 58.6 Å². The van der Waals surface area contributed by atoms with Crippen molar-refractivity contribution in [3.8, 4) is 5.75 Å². The summed E-state index contributed by atoms with van der Waals surface area (Å²) in [4.78, 5) is 27.5. The van der Waals surface area contributed by atoms with Crippen molar-refractivity contribution in [2.45, 2.75) is 40.2 Å². The van der Waals surface area contributed by atoms with Crippen LogP contribution < -0.4 is 10.1 Å². The molecular formula is C20H30N2O3. The van der Waals surface area contributed by atoms with Crippen molar-refractivity contribution in [3.05, 3.63) is 29.8 Å². The molecule has 1 heterocycles. The first-order valence-electron chi connectivity index (χ1n) is 9.05. The summed E-state index contributed by atoms with van der Waals surface area (Å²) in [5.74, 6) is 1.52. The number of carbonyl (C=O) groups is 2. The summed E-state index contributed by atoms with van der Waals surface area (Å²) in [7, 11) is 1.59. The van der Waals surface area contributed by atoms with Crippen molar-refractivity contribution in [3.63, 3.8) is 0 Å². The maximum absolute atomic E-state index is 13.0. The number of hydrogen-bond donors (Lipinski definition) is 1. The fourth-order valence-corrected chi connectivity index (χ4v) is 3.52. The molecule has 0 spiro atoms. The van der Waals surface area contributed by atoms with Crippen molar-refractivity contribution in [2.75, 3.05) is 20.2 Å². The molecule has 0 saturated carbocycles. The third-order valence-corrected chi connectivity index (χ3v) is 4.75. The van der Waals surface area contributed by atoms with Gasteiger partial charge in [0.2, 0.25) is 5.91 Å². The van der Waals surface area contributed by atoms with Crippen LogP contribution in [0.5, 0.6) is 5.75 Å². The van der Waals surface area contributed by atoms with Gasteiger partial charge in [0.15, 0.2) is 0 Å². The molecular weight excluding hydrogens is 316 g/mol. The van der Waals surface area contributed by atoms with E-state index in [1.165, 1.54) is 0 Å². The van der Waals surface area contributed by atoms with Crippen molar-refractivity contribution < 1.29 is 14.3 Å². The number of nitrogens with one attached hydrogen (secondary N) is 1. The van der Waals surface area contributed by atoms with E-state index in [9.17, 15) is 9.59 Å². The van der Waals surface area contributed by atoms with E-state index in [0.717, 1.165) is 19.5 Å². The molecule has 0 aliphatic carbocycles. The monoisotopic (exact) mass is 346 g/mol. The minimum atomic E-state index is -0.507. The molecule has 1 aromatic carbocycles. The number of hydrogen-bond acceptors (Lipinski definition) is 3. The SMILES string of the molecule is COc1ccc(C(=O)NC(C(=O)N2CC(C)CC(C)C2)C(C)C)cc1. The molecule has 5 heteroatoms. The average molecular weight is 346 g/mol. The Morgan fingerprint density at radius 3 is 2.16 bits per heavy atom. The van der Waals surface area contributed by atoms with Crippen LogP contribution in [0.15, 0.2) is 24.3 Å². The number of benzene rings is 1. The number of methoxy groups -OCH3 is 1.